The monoisotopic (exact) mass is 252 g/mol. The number of hydrogen-bond acceptors (Lipinski definition) is 4. The van der Waals surface area contributed by atoms with Crippen LogP contribution < -0.4 is 5.32 Å². The van der Waals surface area contributed by atoms with Crippen LogP contribution in [-0.4, -0.2) is 23.4 Å². The van der Waals surface area contributed by atoms with E-state index in [1.807, 2.05) is 24.4 Å². The molecule has 0 saturated heterocycles. The summed E-state index contributed by atoms with van der Waals surface area (Å²) in [5, 5.41) is 5.50. The van der Waals surface area contributed by atoms with Crippen molar-refractivity contribution >= 4 is 40.2 Å². The van der Waals surface area contributed by atoms with E-state index in [2.05, 4.69) is 10.3 Å². The SMILES string of the molecule is Cc1ccsc1/C=C/C(=O)NC1=NCCS1. The third kappa shape index (κ3) is 2.96. The van der Waals surface area contributed by atoms with Crippen LogP contribution >= 0.6 is 23.1 Å². The lowest BCUT2D eigenvalue weighted by Crippen LogP contribution is -2.25. The van der Waals surface area contributed by atoms with Gasteiger partial charge in [-0.1, -0.05) is 11.8 Å². The maximum Gasteiger partial charge on any atom is 0.249 e. The number of aliphatic imine (C=N–C) groups is 1. The van der Waals surface area contributed by atoms with Gasteiger partial charge in [0.05, 0.1) is 6.54 Å². The molecule has 0 fully saturated rings. The molecule has 0 radical (unpaired) electrons. The molecule has 1 amide bonds. The lowest BCUT2D eigenvalue weighted by atomic mass is 10.3. The summed E-state index contributed by atoms with van der Waals surface area (Å²) in [7, 11) is 0. The van der Waals surface area contributed by atoms with Crippen LogP contribution in [-0.2, 0) is 4.79 Å². The van der Waals surface area contributed by atoms with Crippen molar-refractivity contribution in [2.45, 2.75) is 6.92 Å². The van der Waals surface area contributed by atoms with E-state index in [4.69, 9.17) is 0 Å². The average Bonchev–Trinajstić information content (AvgIpc) is 2.87. The van der Waals surface area contributed by atoms with E-state index in [9.17, 15) is 4.79 Å². The maximum atomic E-state index is 11.5. The number of amidine groups is 1. The topological polar surface area (TPSA) is 41.5 Å². The first-order valence-electron chi connectivity index (χ1n) is 4.96. The van der Waals surface area contributed by atoms with E-state index in [-0.39, 0.29) is 5.91 Å². The second kappa shape index (κ2) is 5.32. The highest BCUT2D eigenvalue weighted by molar-refractivity contribution is 8.14. The zero-order chi connectivity index (χ0) is 11.4. The van der Waals surface area contributed by atoms with Crippen LogP contribution in [0.5, 0.6) is 0 Å². The Balaban J connectivity index is 1.92. The van der Waals surface area contributed by atoms with Crippen molar-refractivity contribution in [1.29, 1.82) is 0 Å². The van der Waals surface area contributed by atoms with Gasteiger partial charge in [0.15, 0.2) is 5.17 Å². The number of thiophene rings is 1. The van der Waals surface area contributed by atoms with Gasteiger partial charge in [-0.3, -0.25) is 9.79 Å². The first kappa shape index (κ1) is 11.4. The number of nitrogens with zero attached hydrogens (tertiary/aromatic N) is 1. The quantitative estimate of drug-likeness (QED) is 0.821. The maximum absolute atomic E-state index is 11.5. The molecular formula is C11H12N2OS2. The van der Waals surface area contributed by atoms with E-state index in [1.54, 1.807) is 29.2 Å². The van der Waals surface area contributed by atoms with Crippen molar-refractivity contribution in [2.75, 3.05) is 12.3 Å². The fourth-order valence-corrected chi connectivity index (χ4v) is 2.81. The largest absolute Gasteiger partial charge is 0.302 e. The molecule has 0 spiro atoms. The van der Waals surface area contributed by atoms with Crippen LogP contribution in [0.1, 0.15) is 10.4 Å². The van der Waals surface area contributed by atoms with Gasteiger partial charge in [0.1, 0.15) is 0 Å². The lowest BCUT2D eigenvalue weighted by molar-refractivity contribution is -0.115. The van der Waals surface area contributed by atoms with Gasteiger partial charge in [0.25, 0.3) is 0 Å². The van der Waals surface area contributed by atoms with Crippen LogP contribution in [0.2, 0.25) is 0 Å². The molecule has 84 valence electrons. The summed E-state index contributed by atoms with van der Waals surface area (Å²) in [6, 6.07) is 2.04. The van der Waals surface area contributed by atoms with E-state index < -0.39 is 0 Å². The Bertz CT molecular complexity index is 449. The second-order valence-electron chi connectivity index (χ2n) is 3.33. The summed E-state index contributed by atoms with van der Waals surface area (Å²) in [5.74, 6) is 0.851. The molecule has 1 aliphatic heterocycles. The minimum Gasteiger partial charge on any atom is -0.302 e. The Morgan fingerprint density at radius 3 is 3.12 bits per heavy atom. The van der Waals surface area contributed by atoms with Crippen molar-refractivity contribution in [3.05, 3.63) is 28.0 Å². The molecule has 16 heavy (non-hydrogen) atoms. The Morgan fingerprint density at radius 1 is 1.62 bits per heavy atom. The smallest absolute Gasteiger partial charge is 0.249 e. The average molecular weight is 252 g/mol. The summed E-state index contributed by atoms with van der Waals surface area (Å²) in [5.41, 5.74) is 1.20. The fraction of sp³-hybridized carbons (Fsp3) is 0.273. The summed E-state index contributed by atoms with van der Waals surface area (Å²) < 4.78 is 0. The molecule has 1 N–H and O–H groups in total. The second-order valence-corrected chi connectivity index (χ2v) is 5.36. The first-order chi connectivity index (χ1) is 7.75. The third-order valence-electron chi connectivity index (χ3n) is 2.10. The number of amides is 1. The number of rotatable bonds is 2. The minimum atomic E-state index is -0.110. The number of aryl methyl sites for hydroxylation is 1. The summed E-state index contributed by atoms with van der Waals surface area (Å²) in [4.78, 5) is 16.8. The standard InChI is InChI=1S/C11H12N2OS2/c1-8-4-6-15-9(8)2-3-10(14)13-11-12-5-7-16-11/h2-4,6H,5,7H2,1H3,(H,12,13,14)/b3-2+. The van der Waals surface area contributed by atoms with E-state index in [0.29, 0.717) is 0 Å². The van der Waals surface area contributed by atoms with Gasteiger partial charge < -0.3 is 5.32 Å². The molecule has 0 bridgehead atoms. The summed E-state index contributed by atoms with van der Waals surface area (Å²) in [6.07, 6.45) is 3.40. The van der Waals surface area contributed by atoms with Crippen molar-refractivity contribution in [3.63, 3.8) is 0 Å². The predicted octanol–water partition coefficient (Wildman–Crippen LogP) is 2.29. The van der Waals surface area contributed by atoms with Crippen molar-refractivity contribution in [2.24, 2.45) is 4.99 Å². The zero-order valence-electron chi connectivity index (χ0n) is 8.90. The zero-order valence-corrected chi connectivity index (χ0v) is 10.5. The molecule has 0 unspecified atom stereocenters. The molecule has 5 heteroatoms. The lowest BCUT2D eigenvalue weighted by Gasteiger charge is -1.98. The van der Waals surface area contributed by atoms with Crippen LogP contribution in [0, 0.1) is 6.92 Å². The van der Waals surface area contributed by atoms with E-state index in [1.165, 1.54) is 5.56 Å². The predicted molar refractivity (Wildman–Crippen MR) is 71.0 cm³/mol. The summed E-state index contributed by atoms with van der Waals surface area (Å²) >= 11 is 3.22. The Morgan fingerprint density at radius 2 is 2.50 bits per heavy atom. The Kier molecular flexibility index (Phi) is 3.79. The molecule has 0 atom stereocenters. The number of carbonyl (C=O) groups excluding carboxylic acids is 1. The van der Waals surface area contributed by atoms with Gasteiger partial charge >= 0.3 is 0 Å². The van der Waals surface area contributed by atoms with Gasteiger partial charge in [-0.25, -0.2) is 0 Å². The molecule has 2 rings (SSSR count). The highest BCUT2D eigenvalue weighted by Gasteiger charge is 2.08. The number of carbonyl (C=O) groups is 1. The van der Waals surface area contributed by atoms with Crippen LogP contribution in [0.3, 0.4) is 0 Å². The molecule has 3 nitrogen and oxygen atoms in total. The van der Waals surface area contributed by atoms with Crippen LogP contribution in [0.15, 0.2) is 22.5 Å². The first-order valence-corrected chi connectivity index (χ1v) is 6.82. The van der Waals surface area contributed by atoms with Crippen LogP contribution in [0.25, 0.3) is 6.08 Å². The number of nitrogens with one attached hydrogen (secondary N) is 1. The van der Waals surface area contributed by atoms with Gasteiger partial charge in [0, 0.05) is 16.7 Å². The fourth-order valence-electron chi connectivity index (χ4n) is 1.26. The van der Waals surface area contributed by atoms with Crippen molar-refractivity contribution in [3.8, 4) is 0 Å². The molecule has 0 saturated carbocycles. The van der Waals surface area contributed by atoms with Gasteiger partial charge in [-0.15, -0.1) is 11.3 Å². The minimum absolute atomic E-state index is 0.110. The summed E-state index contributed by atoms with van der Waals surface area (Å²) in [6.45, 7) is 2.83. The number of hydrogen-bond donors (Lipinski definition) is 1. The molecule has 0 aliphatic carbocycles. The highest BCUT2D eigenvalue weighted by Crippen LogP contribution is 2.17. The van der Waals surface area contributed by atoms with E-state index in [0.717, 1.165) is 22.3 Å². The molecule has 1 aromatic rings. The molecule has 1 aliphatic rings. The molecule has 1 aromatic heterocycles. The Labute approximate surface area is 103 Å². The van der Waals surface area contributed by atoms with Gasteiger partial charge in [0.2, 0.25) is 5.91 Å². The molecular weight excluding hydrogens is 240 g/mol. The number of thioether (sulfide) groups is 1. The van der Waals surface area contributed by atoms with Crippen molar-refractivity contribution < 1.29 is 4.79 Å². The van der Waals surface area contributed by atoms with Gasteiger partial charge in [-0.2, -0.15) is 0 Å². The molecule has 2 heterocycles. The van der Waals surface area contributed by atoms with E-state index >= 15 is 0 Å². The third-order valence-corrected chi connectivity index (χ3v) is 3.98. The van der Waals surface area contributed by atoms with Crippen molar-refractivity contribution in [1.82, 2.24) is 5.32 Å². The van der Waals surface area contributed by atoms with Crippen LogP contribution in [0.4, 0.5) is 0 Å². The van der Waals surface area contributed by atoms with Gasteiger partial charge in [-0.05, 0) is 30.0 Å². The normalized spacial score (nSPS) is 15.4. The Hall–Kier alpha value is -1.07. The highest BCUT2D eigenvalue weighted by atomic mass is 32.2. The molecule has 0 aromatic carbocycles.